The second-order valence-corrected chi connectivity index (χ2v) is 9.30. The van der Waals surface area contributed by atoms with E-state index in [-0.39, 0.29) is 32.6 Å². The van der Waals surface area contributed by atoms with Crippen molar-refractivity contribution in [3.8, 4) is 17.2 Å². The normalized spacial score (nSPS) is 14.2. The average molecular weight is 527 g/mol. The van der Waals surface area contributed by atoms with Crippen molar-refractivity contribution in [2.45, 2.75) is 24.6 Å². The van der Waals surface area contributed by atoms with Crippen LogP contribution in [0.4, 0.5) is 19.0 Å². The number of amides is 2. The van der Waals surface area contributed by atoms with E-state index in [1.165, 1.54) is 49.7 Å². The minimum absolute atomic E-state index is 0.0396. The van der Waals surface area contributed by atoms with E-state index in [1.807, 2.05) is 0 Å². The molecule has 8 nitrogen and oxygen atoms in total. The Morgan fingerprint density at radius 3 is 2.40 bits per heavy atom. The molecule has 0 saturated heterocycles. The van der Waals surface area contributed by atoms with Crippen molar-refractivity contribution in [2.75, 3.05) is 19.1 Å². The summed E-state index contributed by atoms with van der Waals surface area (Å²) in [5.41, 5.74) is -2.06. The first-order chi connectivity index (χ1) is 16.5. The number of pyridine rings is 1. The molecule has 0 unspecified atom stereocenters. The fourth-order valence-corrected chi connectivity index (χ4v) is 4.12. The second kappa shape index (κ2) is 9.34. The second-order valence-electron chi connectivity index (χ2n) is 7.69. The fraction of sp³-hybridized carbons (Fsp3) is 0.273. The lowest BCUT2D eigenvalue weighted by molar-refractivity contribution is -0.138. The van der Waals surface area contributed by atoms with Gasteiger partial charge in [0.05, 0.1) is 19.5 Å². The molecule has 0 aliphatic heterocycles. The molecule has 13 heteroatoms. The Kier molecular flexibility index (Phi) is 6.60. The molecule has 35 heavy (non-hydrogen) atoms. The molecule has 2 amide bonds. The highest BCUT2D eigenvalue weighted by molar-refractivity contribution is 7.17. The van der Waals surface area contributed by atoms with Crippen molar-refractivity contribution in [3.05, 3.63) is 57.6 Å². The predicted octanol–water partition coefficient (Wildman–Crippen LogP) is 4.94. The quantitative estimate of drug-likeness (QED) is 0.469. The van der Waals surface area contributed by atoms with E-state index in [9.17, 15) is 22.8 Å². The summed E-state index contributed by atoms with van der Waals surface area (Å²) in [7, 11) is 2.76. The zero-order chi connectivity index (χ0) is 25.4. The maximum atomic E-state index is 13.4. The number of halogens is 4. The highest BCUT2D eigenvalue weighted by Gasteiger charge is 2.53. The molecular formula is C22H18ClF3N4O4S. The first-order valence-corrected chi connectivity index (χ1v) is 11.3. The number of alkyl halides is 3. The maximum Gasteiger partial charge on any atom is 0.420 e. The van der Waals surface area contributed by atoms with Gasteiger partial charge in [0, 0.05) is 7.05 Å². The highest BCUT2D eigenvalue weighted by Crippen LogP contribution is 2.41. The summed E-state index contributed by atoms with van der Waals surface area (Å²) in [5, 5.41) is 2.73. The van der Waals surface area contributed by atoms with Crippen molar-refractivity contribution in [1.29, 1.82) is 0 Å². The molecular weight excluding hydrogens is 509 g/mol. The van der Waals surface area contributed by atoms with Crippen LogP contribution in [0.25, 0.3) is 0 Å². The molecule has 184 valence electrons. The summed E-state index contributed by atoms with van der Waals surface area (Å²) in [6, 6.07) is 6.18. The van der Waals surface area contributed by atoms with E-state index < -0.39 is 28.9 Å². The van der Waals surface area contributed by atoms with Gasteiger partial charge in [-0.25, -0.2) is 9.97 Å². The summed E-state index contributed by atoms with van der Waals surface area (Å²) >= 11 is 6.77. The molecule has 2 heterocycles. The third-order valence-electron chi connectivity index (χ3n) is 5.30. The topological polar surface area (TPSA) is 93.7 Å². The van der Waals surface area contributed by atoms with Crippen LogP contribution < -0.4 is 19.7 Å². The molecule has 0 spiro atoms. The number of ether oxygens (including phenoxy) is 2. The number of aromatic nitrogens is 2. The monoisotopic (exact) mass is 526 g/mol. The Hall–Kier alpha value is -3.38. The van der Waals surface area contributed by atoms with E-state index in [4.69, 9.17) is 21.1 Å². The molecule has 4 rings (SSSR count). The van der Waals surface area contributed by atoms with E-state index in [2.05, 4.69) is 15.3 Å². The standard InChI is InChI=1S/C22H18ClF3N4O4S/c1-30(19(32)21(7-8-21)29-18(31)16-11-28-20(23)35-16)17-6-4-13(10-27-17)34-15-5-3-12(33-2)9-14(15)22(24,25)26/h3-6,9-11H,7-8H2,1-2H3,(H,29,31). The highest BCUT2D eigenvalue weighted by atomic mass is 35.5. The molecule has 1 fully saturated rings. The van der Waals surface area contributed by atoms with Gasteiger partial charge < -0.3 is 14.8 Å². The van der Waals surface area contributed by atoms with Crippen LogP contribution in [0, 0.1) is 0 Å². The Morgan fingerprint density at radius 1 is 1.14 bits per heavy atom. The average Bonchev–Trinajstić information content (AvgIpc) is 3.48. The van der Waals surface area contributed by atoms with Gasteiger partial charge in [0.2, 0.25) is 0 Å². The summed E-state index contributed by atoms with van der Waals surface area (Å²) in [5.74, 6) is -0.934. The number of benzene rings is 1. The van der Waals surface area contributed by atoms with Gasteiger partial charge in [0.25, 0.3) is 11.8 Å². The molecule has 1 aliphatic rings. The van der Waals surface area contributed by atoms with E-state index >= 15 is 0 Å². The molecule has 3 aromatic rings. The van der Waals surface area contributed by atoms with Gasteiger partial charge in [-0.3, -0.25) is 14.5 Å². The number of carbonyl (C=O) groups excluding carboxylic acids is 2. The summed E-state index contributed by atoms with van der Waals surface area (Å²) in [6.07, 6.45) is -1.21. The molecule has 0 bridgehead atoms. The number of hydrogen-bond acceptors (Lipinski definition) is 7. The van der Waals surface area contributed by atoms with Crippen LogP contribution in [0.5, 0.6) is 17.2 Å². The molecule has 2 aromatic heterocycles. The van der Waals surface area contributed by atoms with Crippen LogP contribution in [0.2, 0.25) is 4.47 Å². The van der Waals surface area contributed by atoms with Crippen molar-refractivity contribution in [3.63, 3.8) is 0 Å². The predicted molar refractivity (Wildman–Crippen MR) is 122 cm³/mol. The number of rotatable bonds is 7. The molecule has 1 saturated carbocycles. The van der Waals surface area contributed by atoms with Gasteiger partial charge in [-0.05, 0) is 43.2 Å². The van der Waals surface area contributed by atoms with E-state index in [0.29, 0.717) is 12.8 Å². The van der Waals surface area contributed by atoms with Gasteiger partial charge in [-0.15, -0.1) is 0 Å². The van der Waals surface area contributed by atoms with Gasteiger partial charge in [-0.1, -0.05) is 22.9 Å². The Morgan fingerprint density at radius 2 is 1.86 bits per heavy atom. The lowest BCUT2D eigenvalue weighted by Crippen LogP contribution is -2.49. The van der Waals surface area contributed by atoms with Gasteiger partial charge in [-0.2, -0.15) is 13.2 Å². The largest absolute Gasteiger partial charge is 0.497 e. The van der Waals surface area contributed by atoms with Crippen LogP contribution in [-0.4, -0.2) is 41.5 Å². The van der Waals surface area contributed by atoms with E-state index in [0.717, 1.165) is 23.5 Å². The number of thiazole rings is 1. The number of likely N-dealkylation sites (N-methyl/N-ethyl adjacent to an activating group) is 1. The number of nitrogens with one attached hydrogen (secondary N) is 1. The molecule has 1 aromatic carbocycles. The third kappa shape index (κ3) is 5.33. The smallest absolute Gasteiger partial charge is 0.420 e. The fourth-order valence-electron chi connectivity index (χ4n) is 3.28. The Labute approximate surface area is 206 Å². The van der Waals surface area contributed by atoms with E-state index in [1.54, 1.807) is 0 Å². The van der Waals surface area contributed by atoms with Crippen molar-refractivity contribution in [2.24, 2.45) is 0 Å². The summed E-state index contributed by atoms with van der Waals surface area (Å²) in [4.78, 5) is 35.0. The van der Waals surface area contributed by atoms with Gasteiger partial charge in [0.1, 0.15) is 39.0 Å². The molecule has 0 radical (unpaired) electrons. The van der Waals surface area contributed by atoms with Crippen molar-refractivity contribution >= 4 is 40.6 Å². The summed E-state index contributed by atoms with van der Waals surface area (Å²) < 4.78 is 50.7. The lowest BCUT2D eigenvalue weighted by atomic mass is 10.2. The molecule has 1 aliphatic carbocycles. The number of hydrogen-bond donors (Lipinski definition) is 1. The first-order valence-electron chi connectivity index (χ1n) is 10.1. The van der Waals surface area contributed by atoms with Gasteiger partial charge in [0.15, 0.2) is 4.47 Å². The Bertz CT molecular complexity index is 1260. The number of methoxy groups -OCH3 is 1. The minimum atomic E-state index is -4.66. The van der Waals surface area contributed by atoms with Crippen LogP contribution in [0.15, 0.2) is 42.7 Å². The minimum Gasteiger partial charge on any atom is -0.497 e. The number of nitrogens with zero attached hydrogens (tertiary/aromatic N) is 3. The molecule has 1 N–H and O–H groups in total. The first kappa shape index (κ1) is 24.7. The maximum absolute atomic E-state index is 13.4. The zero-order valence-electron chi connectivity index (χ0n) is 18.4. The van der Waals surface area contributed by atoms with Crippen molar-refractivity contribution in [1.82, 2.24) is 15.3 Å². The Balaban J connectivity index is 1.46. The SMILES string of the molecule is COc1ccc(Oc2ccc(N(C)C(=O)C3(NC(=O)c4cnc(Cl)s4)CC3)nc2)c(C(F)(F)F)c1. The van der Waals surface area contributed by atoms with Crippen LogP contribution >= 0.6 is 22.9 Å². The van der Waals surface area contributed by atoms with Crippen LogP contribution in [0.3, 0.4) is 0 Å². The molecule has 0 atom stereocenters. The summed E-state index contributed by atoms with van der Waals surface area (Å²) in [6.45, 7) is 0. The zero-order valence-corrected chi connectivity index (χ0v) is 19.9. The van der Waals surface area contributed by atoms with Gasteiger partial charge >= 0.3 is 6.18 Å². The van der Waals surface area contributed by atoms with Crippen molar-refractivity contribution < 1.29 is 32.2 Å². The van der Waals surface area contributed by atoms with Crippen LogP contribution in [-0.2, 0) is 11.0 Å². The lowest BCUT2D eigenvalue weighted by Gasteiger charge is -2.23. The number of anilines is 1. The third-order valence-corrected chi connectivity index (χ3v) is 6.42. The van der Waals surface area contributed by atoms with Crippen LogP contribution in [0.1, 0.15) is 28.1 Å². The number of carbonyl (C=O) groups is 2.